The predicted molar refractivity (Wildman–Crippen MR) is 429 cm³/mol. The minimum atomic E-state index is -1.81. The number of hydrogen-bond donors (Lipinski definition) is 0. The Labute approximate surface area is 732 Å². The van der Waals surface area contributed by atoms with E-state index >= 15 is 17.6 Å². The van der Waals surface area contributed by atoms with Crippen LogP contribution in [0.2, 0.25) is 0 Å². The molecule has 2 heterocycles. The molecule has 6 aliphatic rings. The second kappa shape index (κ2) is 35.3. The molecule has 0 saturated carbocycles. The van der Waals surface area contributed by atoms with Gasteiger partial charge >= 0.3 is 17.5 Å². The maximum atomic E-state index is 15.1. The summed E-state index contributed by atoms with van der Waals surface area (Å²) in [7, 11) is 0. The van der Waals surface area contributed by atoms with E-state index in [0.717, 1.165) is 48.5 Å². The number of nitriles is 11. The molecule has 6 aliphatic carbocycles. The fourth-order valence-electron chi connectivity index (χ4n) is 16.8. The molecule has 0 spiro atoms. The van der Waals surface area contributed by atoms with Gasteiger partial charge in [0.2, 0.25) is 23.8 Å². The van der Waals surface area contributed by atoms with E-state index in [2.05, 4.69) is 53.6 Å². The number of halogens is 14. The fraction of sp³-hybridized carbons (Fsp3) is 0.0625. The van der Waals surface area contributed by atoms with E-state index in [-0.39, 0.29) is 224 Å². The Bertz CT molecular complexity index is 8040. The van der Waals surface area contributed by atoms with Gasteiger partial charge in [-0.25, -0.2) is 58.4 Å². The Morgan fingerprint density at radius 3 is 0.629 bits per heavy atom. The van der Waals surface area contributed by atoms with Crippen LogP contribution in [-0.4, -0.2) is 9.97 Å². The number of aromatic nitrogens is 2. The van der Waals surface area contributed by atoms with Gasteiger partial charge in [0.05, 0.1) is 53.2 Å². The van der Waals surface area contributed by atoms with Crippen molar-refractivity contribution in [2.45, 2.75) is 38.5 Å². The smallest absolute Gasteiger partial charge is 0.238 e. The van der Waals surface area contributed by atoms with E-state index in [1.165, 1.54) is 12.1 Å². The summed E-state index contributed by atoms with van der Waals surface area (Å²) in [4.78, 5) is 35.9. The van der Waals surface area contributed by atoms with Crippen LogP contribution in [0.4, 0.5) is 61.5 Å². The van der Waals surface area contributed by atoms with Crippen molar-refractivity contribution in [2.24, 2.45) is 0 Å². The van der Waals surface area contributed by atoms with Crippen molar-refractivity contribution in [1.29, 1.82) is 57.9 Å². The fourth-order valence-corrected chi connectivity index (χ4v) is 16.8. The van der Waals surface area contributed by atoms with Gasteiger partial charge in [0.1, 0.15) is 157 Å². The lowest BCUT2D eigenvalue weighted by molar-refractivity contribution is 0.447. The number of allylic oxidation sites excluding steroid dienone is 6. The zero-order valence-corrected chi connectivity index (χ0v) is 65.3. The van der Waals surface area contributed by atoms with E-state index in [1.807, 2.05) is 18.2 Å². The van der Waals surface area contributed by atoms with Crippen molar-refractivity contribution in [3.05, 3.63) is 401 Å². The second-order valence-electron chi connectivity index (χ2n) is 27.9. The Balaban J connectivity index is 0.000000168. The third kappa shape index (κ3) is 14.3. The first-order valence-corrected chi connectivity index (χ1v) is 36.4. The molecule has 0 fully saturated rings. The van der Waals surface area contributed by atoms with Crippen LogP contribution >= 0.6 is 0 Å². The molecule has 0 amide bonds. The summed E-state index contributed by atoms with van der Waals surface area (Å²) in [5, 5.41) is 107. The first-order chi connectivity index (χ1) is 63.4. The maximum Gasteiger partial charge on any atom is 0.512 e. The zero-order chi connectivity index (χ0) is 95.8. The van der Waals surface area contributed by atoms with Crippen LogP contribution in [0, 0.1) is 266 Å². The summed E-state index contributed by atoms with van der Waals surface area (Å²) >= 11 is 0. The van der Waals surface area contributed by atoms with Crippen LogP contribution in [0.25, 0.3) is 144 Å². The Morgan fingerprint density at radius 2 is 0.439 bits per heavy atom. The monoisotopic (exact) mass is 1750 g/mol. The third-order valence-electron chi connectivity index (χ3n) is 21.7. The summed E-state index contributed by atoms with van der Waals surface area (Å²) in [6, 6.07) is 27.9. The molecule has 0 atom stereocenters. The van der Waals surface area contributed by atoms with Crippen molar-refractivity contribution < 1.29 is 61.5 Å². The van der Waals surface area contributed by atoms with Crippen molar-refractivity contribution in [3.63, 3.8) is 0 Å². The molecule has 22 nitrogen and oxygen atoms in total. The highest BCUT2D eigenvalue weighted by molar-refractivity contribution is 6.00. The van der Waals surface area contributed by atoms with E-state index in [1.54, 1.807) is 36.4 Å². The van der Waals surface area contributed by atoms with Crippen LogP contribution < -0.4 is 31.3 Å². The van der Waals surface area contributed by atoms with E-state index in [0.29, 0.717) is 24.3 Å². The Hall–Kier alpha value is -20.7. The molecular formula is C96H24F14N22. The first-order valence-electron chi connectivity index (χ1n) is 36.4. The third-order valence-corrected chi connectivity index (χ3v) is 21.7. The topological polar surface area (TPSA) is 327 Å². The lowest BCUT2D eigenvalue weighted by Gasteiger charge is -2.17. The highest BCUT2D eigenvalue weighted by Gasteiger charge is 2.42. The molecule has 0 radical (unpaired) electrons. The predicted octanol–water partition coefficient (Wildman–Crippen LogP) is 16.2. The molecule has 616 valence electrons. The lowest BCUT2D eigenvalue weighted by atomic mass is 9.86. The van der Waals surface area contributed by atoms with E-state index in [9.17, 15) is 102 Å². The second-order valence-corrected chi connectivity index (χ2v) is 27.9. The van der Waals surface area contributed by atoms with Gasteiger partial charge in [0, 0.05) is 75.9 Å². The quantitative estimate of drug-likeness (QED) is 0.0492. The number of rotatable bonds is 6. The van der Waals surface area contributed by atoms with Gasteiger partial charge in [-0.1, -0.05) is 0 Å². The van der Waals surface area contributed by atoms with Gasteiger partial charge in [-0.2, -0.15) is 114 Å². The largest absolute Gasteiger partial charge is 0.512 e. The number of fused-ring (bicyclic) bond motifs is 6. The van der Waals surface area contributed by atoms with Crippen molar-refractivity contribution in [2.75, 3.05) is 0 Å². The van der Waals surface area contributed by atoms with Gasteiger partial charge in [-0.15, -0.1) is 0 Å². The molecule has 0 N–H and O–H groups in total. The minimum absolute atomic E-state index is 0.0182. The maximum absolute atomic E-state index is 15.1. The summed E-state index contributed by atoms with van der Waals surface area (Å²) in [6.07, 6.45) is -2.18. The van der Waals surface area contributed by atoms with Gasteiger partial charge in [-0.3, -0.25) is 0 Å². The summed E-state index contributed by atoms with van der Waals surface area (Å²) < 4.78 is 205. The van der Waals surface area contributed by atoms with Crippen LogP contribution in [0.15, 0.2) is 140 Å². The number of benzene rings is 7. The van der Waals surface area contributed by atoms with Gasteiger partial charge < -0.3 is 0 Å². The molecule has 132 heavy (non-hydrogen) atoms. The van der Waals surface area contributed by atoms with Crippen LogP contribution in [0.5, 0.6) is 0 Å². The van der Waals surface area contributed by atoms with Crippen LogP contribution in [0.3, 0.4) is 0 Å². The molecule has 9 aromatic rings. The standard InChI is InChI=1S/C34H8F4N8.C32H8F6N6.C30H8F4N8/c1-44-33-21(34(45-2)46-3)9-20-29(15-4-25(35)23(13-42)26(36)5-15)31-19(8-18(22(31)12-41)17(10-39)11-40)30(32(20)33)16-6-27(37)24(14-43)28(38)7-16;1-42-31-19(32(43-2)44-3)9-18-25(13-4-21(33)29(37)22(34)5-13)27-17(8-16(20(27)12-41)15(10-39)11-40)26(28(18)31)14-6-23(35)30(38)24(36)7-14;1-38-29-19(30(39-2)40-3)9-18-25(13-4-21(31)41-22(32)5-13)27-17(8-16(20(27)12-37)15(10-35)11-36)26(28(18)29)14-6-23(33)42-24(34)7-14/h4-7H,8-9H2;4-7H,8-9H2;4-7H,8-9H2. The minimum Gasteiger partial charge on any atom is -0.238 e. The van der Waals surface area contributed by atoms with Gasteiger partial charge in [-0.05, 0) is 184 Å². The van der Waals surface area contributed by atoms with E-state index in [4.69, 9.17) is 59.1 Å². The molecule has 2 aromatic heterocycles. The van der Waals surface area contributed by atoms with Crippen LogP contribution in [0.1, 0.15) is 44.5 Å². The number of nitrogens with zero attached hydrogens (tertiary/aromatic N) is 22. The number of pyridine rings is 2. The number of hydrogen-bond acceptors (Lipinski definition) is 13. The molecule has 0 bridgehead atoms. The van der Waals surface area contributed by atoms with Gasteiger partial charge in [0.15, 0.2) is 52.0 Å². The zero-order valence-electron chi connectivity index (χ0n) is 65.3. The Morgan fingerprint density at radius 1 is 0.250 bits per heavy atom. The molecule has 0 unspecified atom stereocenters. The molecule has 36 heteroatoms. The molecule has 7 aromatic carbocycles. The highest BCUT2D eigenvalue weighted by Crippen LogP contribution is 2.46. The Kier molecular flexibility index (Phi) is 23.8. The van der Waals surface area contributed by atoms with Gasteiger partial charge in [0.25, 0.3) is 0 Å². The van der Waals surface area contributed by atoms with Crippen molar-refractivity contribution in [1.82, 2.24) is 9.97 Å². The van der Waals surface area contributed by atoms with Crippen molar-refractivity contribution in [3.8, 4) is 134 Å². The van der Waals surface area contributed by atoms with Crippen molar-refractivity contribution >= 4 is 33.8 Å². The summed E-state index contributed by atoms with van der Waals surface area (Å²) in [5.41, 5.74) is -6.94. The average molecular weight is 1750 g/mol. The van der Waals surface area contributed by atoms with Crippen LogP contribution in [-0.2, 0) is 38.5 Å². The summed E-state index contributed by atoms with van der Waals surface area (Å²) in [5.74, 6) is -21.6. The molecule has 15 rings (SSSR count). The molecular weight excluding hydrogens is 1730 g/mol. The summed E-state index contributed by atoms with van der Waals surface area (Å²) in [6.45, 7) is 68.7. The highest BCUT2D eigenvalue weighted by atomic mass is 19.2. The molecule has 0 aliphatic heterocycles. The molecule has 0 saturated heterocycles. The first kappa shape index (κ1) is 89.1. The SMILES string of the molecule is [C-]#[N+]C([N+]#[C-])=C1Cc2c(-c3cc(F)c(C#N)c(F)c3)c3c(c(-c4cc(F)c(C#N)c(F)c4)c2=C1[N+]#[C-])CC(=C(C#N)C#N)C=3C#N.[C-]#[N+]C([N+]#[C-])=C1Cc2c(-c3cc(F)c(F)c(F)c3)c3c(c(-c4cc(F)c(F)c(F)c4)c2=C1[N+]#[C-])CC(=C(C#N)C#N)C=3C#N.[C-]#[N+]C([N+]#[C-])=C1Cc2c(-c3cc(F)nc(F)c3)c3c(c(-c4cc(F)nc(F)c4)c2=C1[N+]#[C-])CC(=C(C#N)C#N)C=3C#N. The average Bonchev–Trinajstić information content (AvgIpc) is 1.55. The van der Waals surface area contributed by atoms with E-state index < -0.39 is 140 Å². The lowest BCUT2D eigenvalue weighted by Crippen LogP contribution is -2.24. The normalized spacial score (nSPS) is 12.6.